The number of ether oxygens (including phenoxy) is 1. The molecule has 0 aliphatic rings. The lowest BCUT2D eigenvalue weighted by Gasteiger charge is -2.07. The average molecular weight is 245 g/mol. The molecule has 4 heteroatoms. The normalized spacial score (nSPS) is 10.4. The number of aromatic amines is 1. The molecule has 4 nitrogen and oxygen atoms in total. The summed E-state index contributed by atoms with van der Waals surface area (Å²) in [6, 6.07) is 8.11. The zero-order valence-electron chi connectivity index (χ0n) is 11.1. The first-order valence-electron chi connectivity index (χ1n) is 6.09. The molecule has 1 heterocycles. The predicted molar refractivity (Wildman–Crippen MR) is 73.3 cm³/mol. The van der Waals surface area contributed by atoms with Gasteiger partial charge in [-0.25, -0.2) is 4.98 Å². The number of hydrogen-bond donors (Lipinski definition) is 2. The summed E-state index contributed by atoms with van der Waals surface area (Å²) in [5.41, 5.74) is 3.44. The first kappa shape index (κ1) is 12.5. The highest BCUT2D eigenvalue weighted by Gasteiger charge is 2.07. The van der Waals surface area contributed by atoms with E-state index in [4.69, 9.17) is 4.74 Å². The second kappa shape index (κ2) is 5.58. The number of rotatable bonds is 5. The van der Waals surface area contributed by atoms with Crippen molar-refractivity contribution in [3.05, 3.63) is 41.2 Å². The van der Waals surface area contributed by atoms with Gasteiger partial charge in [0.25, 0.3) is 0 Å². The number of nitrogens with zero attached hydrogens (tertiary/aromatic N) is 1. The highest BCUT2D eigenvalue weighted by Crippen LogP contribution is 2.20. The van der Waals surface area contributed by atoms with Gasteiger partial charge in [-0.3, -0.25) is 0 Å². The molecular formula is C14H19N3O. The molecule has 0 atom stereocenters. The van der Waals surface area contributed by atoms with Crippen molar-refractivity contribution in [2.45, 2.75) is 19.8 Å². The van der Waals surface area contributed by atoms with E-state index in [1.54, 1.807) is 7.11 Å². The summed E-state index contributed by atoms with van der Waals surface area (Å²) in [5.74, 6) is 1.77. The van der Waals surface area contributed by atoms with Crippen LogP contribution in [0.3, 0.4) is 0 Å². The maximum atomic E-state index is 5.35. The quantitative estimate of drug-likeness (QED) is 0.851. The Hall–Kier alpha value is -1.97. The van der Waals surface area contributed by atoms with Gasteiger partial charge in [-0.1, -0.05) is 18.2 Å². The third kappa shape index (κ3) is 2.64. The molecule has 0 spiro atoms. The minimum absolute atomic E-state index is 0.822. The van der Waals surface area contributed by atoms with Crippen LogP contribution in [0.2, 0.25) is 0 Å². The molecule has 1 aromatic heterocycles. The number of anilines is 1. The van der Waals surface area contributed by atoms with Crippen molar-refractivity contribution in [2.75, 3.05) is 19.5 Å². The van der Waals surface area contributed by atoms with Crippen LogP contribution in [0.1, 0.15) is 17.0 Å². The second-order valence-corrected chi connectivity index (χ2v) is 4.22. The lowest BCUT2D eigenvalue weighted by molar-refractivity contribution is 0.409. The molecule has 0 saturated carbocycles. The van der Waals surface area contributed by atoms with E-state index in [1.807, 2.05) is 32.2 Å². The fourth-order valence-corrected chi connectivity index (χ4v) is 2.02. The van der Waals surface area contributed by atoms with Crippen molar-refractivity contribution >= 4 is 5.95 Å². The average Bonchev–Trinajstić information content (AvgIpc) is 2.77. The van der Waals surface area contributed by atoms with Gasteiger partial charge in [-0.2, -0.15) is 0 Å². The summed E-state index contributed by atoms with van der Waals surface area (Å²) in [7, 11) is 3.57. The van der Waals surface area contributed by atoms with Crippen LogP contribution in [0.25, 0.3) is 0 Å². The van der Waals surface area contributed by atoms with E-state index in [9.17, 15) is 0 Å². The summed E-state index contributed by atoms with van der Waals surface area (Å²) >= 11 is 0. The molecule has 1 aromatic carbocycles. The number of H-pyrrole nitrogens is 1. The summed E-state index contributed by atoms with van der Waals surface area (Å²) in [4.78, 5) is 7.70. The van der Waals surface area contributed by atoms with Crippen molar-refractivity contribution in [3.63, 3.8) is 0 Å². The predicted octanol–water partition coefficient (Wildman–Crippen LogP) is 2.55. The second-order valence-electron chi connectivity index (χ2n) is 4.22. The van der Waals surface area contributed by atoms with E-state index in [-0.39, 0.29) is 0 Å². The third-order valence-corrected chi connectivity index (χ3v) is 3.05. The number of methoxy groups -OCH3 is 1. The zero-order valence-corrected chi connectivity index (χ0v) is 11.1. The maximum absolute atomic E-state index is 5.35. The number of para-hydroxylation sites is 1. The van der Waals surface area contributed by atoms with E-state index in [1.165, 1.54) is 5.56 Å². The molecule has 18 heavy (non-hydrogen) atoms. The Labute approximate surface area is 107 Å². The van der Waals surface area contributed by atoms with E-state index in [0.29, 0.717) is 0 Å². The molecule has 2 aromatic rings. The van der Waals surface area contributed by atoms with Gasteiger partial charge in [0.05, 0.1) is 12.8 Å². The Morgan fingerprint density at radius 1 is 1.28 bits per heavy atom. The lowest BCUT2D eigenvalue weighted by Crippen LogP contribution is -1.97. The first-order valence-corrected chi connectivity index (χ1v) is 6.09. The summed E-state index contributed by atoms with van der Waals surface area (Å²) in [5, 5.41) is 3.02. The minimum atomic E-state index is 0.822. The van der Waals surface area contributed by atoms with Crippen molar-refractivity contribution in [2.24, 2.45) is 0 Å². The van der Waals surface area contributed by atoms with E-state index in [2.05, 4.69) is 21.4 Å². The zero-order chi connectivity index (χ0) is 13.0. The van der Waals surface area contributed by atoms with E-state index in [0.717, 1.165) is 35.9 Å². The van der Waals surface area contributed by atoms with Crippen molar-refractivity contribution < 1.29 is 4.74 Å². The Morgan fingerprint density at radius 2 is 2.06 bits per heavy atom. The van der Waals surface area contributed by atoms with Gasteiger partial charge in [0, 0.05) is 12.7 Å². The lowest BCUT2D eigenvalue weighted by atomic mass is 10.1. The SMILES string of the molecule is CNc1nc(CCc2ccccc2OC)c(C)[nH]1. The molecule has 2 N–H and O–H groups in total. The minimum Gasteiger partial charge on any atom is -0.496 e. The van der Waals surface area contributed by atoms with Gasteiger partial charge in [-0.05, 0) is 31.4 Å². The van der Waals surface area contributed by atoms with Crippen LogP contribution in [0.4, 0.5) is 5.95 Å². The van der Waals surface area contributed by atoms with Crippen molar-refractivity contribution in [3.8, 4) is 5.75 Å². The van der Waals surface area contributed by atoms with Crippen LogP contribution in [0.15, 0.2) is 24.3 Å². The summed E-state index contributed by atoms with van der Waals surface area (Å²) in [6.45, 7) is 2.05. The molecule has 0 bridgehead atoms. The van der Waals surface area contributed by atoms with E-state index < -0.39 is 0 Å². The molecular weight excluding hydrogens is 226 g/mol. The fourth-order valence-electron chi connectivity index (χ4n) is 2.02. The number of aromatic nitrogens is 2. The first-order chi connectivity index (χ1) is 8.74. The molecule has 0 radical (unpaired) electrons. The Kier molecular flexibility index (Phi) is 3.87. The van der Waals surface area contributed by atoms with Gasteiger partial charge in [0.15, 0.2) is 5.95 Å². The monoisotopic (exact) mass is 245 g/mol. The Balaban J connectivity index is 2.08. The van der Waals surface area contributed by atoms with Crippen LogP contribution in [0, 0.1) is 6.92 Å². The van der Waals surface area contributed by atoms with Gasteiger partial charge in [0.1, 0.15) is 5.75 Å². The highest BCUT2D eigenvalue weighted by atomic mass is 16.5. The van der Waals surface area contributed by atoms with E-state index >= 15 is 0 Å². The van der Waals surface area contributed by atoms with Crippen molar-refractivity contribution in [1.29, 1.82) is 0 Å². The van der Waals surface area contributed by atoms with Crippen molar-refractivity contribution in [1.82, 2.24) is 9.97 Å². The standard InChI is InChI=1S/C14H19N3O/c1-10-12(17-14(15-2)16-10)9-8-11-6-4-5-7-13(11)18-3/h4-7H,8-9H2,1-3H3,(H2,15,16,17). The Morgan fingerprint density at radius 3 is 2.72 bits per heavy atom. The van der Waals surface area contributed by atoms with Crippen LogP contribution in [0.5, 0.6) is 5.75 Å². The van der Waals surface area contributed by atoms with Gasteiger partial charge in [0.2, 0.25) is 0 Å². The number of aryl methyl sites for hydroxylation is 3. The topological polar surface area (TPSA) is 49.9 Å². The fraction of sp³-hybridized carbons (Fsp3) is 0.357. The number of nitrogens with one attached hydrogen (secondary N) is 2. The highest BCUT2D eigenvalue weighted by molar-refractivity contribution is 5.35. The molecule has 0 aliphatic heterocycles. The molecule has 0 fully saturated rings. The summed E-state index contributed by atoms with van der Waals surface area (Å²) in [6.07, 6.45) is 1.84. The molecule has 0 saturated heterocycles. The number of benzene rings is 1. The number of imidazole rings is 1. The molecule has 0 aliphatic carbocycles. The van der Waals surface area contributed by atoms with Gasteiger partial charge >= 0.3 is 0 Å². The van der Waals surface area contributed by atoms with Gasteiger partial charge in [-0.15, -0.1) is 0 Å². The van der Waals surface area contributed by atoms with Crippen LogP contribution < -0.4 is 10.1 Å². The van der Waals surface area contributed by atoms with Crippen LogP contribution in [-0.4, -0.2) is 24.1 Å². The molecule has 96 valence electrons. The largest absolute Gasteiger partial charge is 0.496 e. The van der Waals surface area contributed by atoms with Gasteiger partial charge < -0.3 is 15.0 Å². The number of hydrogen-bond acceptors (Lipinski definition) is 3. The third-order valence-electron chi connectivity index (χ3n) is 3.05. The molecule has 2 rings (SSSR count). The van der Waals surface area contributed by atoms with Crippen LogP contribution in [-0.2, 0) is 12.8 Å². The maximum Gasteiger partial charge on any atom is 0.200 e. The smallest absolute Gasteiger partial charge is 0.200 e. The molecule has 0 amide bonds. The molecule has 0 unspecified atom stereocenters. The van der Waals surface area contributed by atoms with Crippen LogP contribution >= 0.6 is 0 Å². The summed E-state index contributed by atoms with van der Waals surface area (Å²) < 4.78 is 5.35. The Bertz CT molecular complexity index is 520.